The molecular weight excluding hydrogens is 621 g/mol. The highest BCUT2D eigenvalue weighted by molar-refractivity contribution is 6.31. The number of rotatable bonds is 5. The van der Waals surface area contributed by atoms with Crippen molar-refractivity contribution in [3.63, 3.8) is 0 Å². The van der Waals surface area contributed by atoms with Crippen LogP contribution in [0.3, 0.4) is 0 Å². The summed E-state index contributed by atoms with van der Waals surface area (Å²) in [6, 6.07) is 8.99. The Morgan fingerprint density at radius 1 is 1.11 bits per heavy atom. The van der Waals surface area contributed by atoms with Crippen LogP contribution in [0.25, 0.3) is 0 Å². The zero-order chi connectivity index (χ0) is 33.5. The molecule has 4 rings (SSSR count). The van der Waals surface area contributed by atoms with E-state index in [1.807, 2.05) is 27.7 Å². The Balaban J connectivity index is 1.77. The molecule has 244 valence electrons. The van der Waals surface area contributed by atoms with Gasteiger partial charge in [0.2, 0.25) is 5.91 Å². The number of amides is 2. The topological polar surface area (TPSA) is 94.5 Å². The van der Waals surface area contributed by atoms with Gasteiger partial charge in [-0.05, 0) is 76.1 Å². The first-order valence-electron chi connectivity index (χ1n) is 15.2. The number of likely N-dealkylation sites (tertiary alicyclic amines) is 1. The number of carbonyl (C=O) groups excluding carboxylic acids is 2. The molecule has 2 heterocycles. The van der Waals surface area contributed by atoms with Crippen LogP contribution >= 0.6 is 23.2 Å². The van der Waals surface area contributed by atoms with Crippen molar-refractivity contribution in [1.82, 2.24) is 15.5 Å². The predicted octanol–water partition coefficient (Wildman–Crippen LogP) is 7.50. The summed E-state index contributed by atoms with van der Waals surface area (Å²) in [4.78, 5) is 28.6. The molecule has 0 unspecified atom stereocenters. The maximum Gasteiger partial charge on any atom is 0.410 e. The van der Waals surface area contributed by atoms with Crippen molar-refractivity contribution in [1.29, 1.82) is 5.26 Å². The van der Waals surface area contributed by atoms with Crippen molar-refractivity contribution < 1.29 is 23.1 Å². The fourth-order valence-corrected chi connectivity index (χ4v) is 6.91. The summed E-state index contributed by atoms with van der Waals surface area (Å²) in [5.74, 6) is -3.11. The lowest BCUT2D eigenvalue weighted by molar-refractivity contribution is -0.125. The molecule has 45 heavy (non-hydrogen) atoms. The summed E-state index contributed by atoms with van der Waals surface area (Å²) < 4.78 is 37.3. The molecule has 0 aliphatic carbocycles. The molecule has 4 atom stereocenters. The van der Waals surface area contributed by atoms with Gasteiger partial charge in [0.15, 0.2) is 0 Å². The second kappa shape index (κ2) is 12.7. The van der Waals surface area contributed by atoms with Crippen molar-refractivity contribution in [3.8, 4) is 6.07 Å². The molecule has 0 spiro atoms. The molecule has 2 saturated heterocycles. The maximum atomic E-state index is 15.9. The standard InChI is InChI=1S/C34H42Cl2F2N4O3/c1-31(2,3)18-25-34(19-39,22-12-11-20(35)17-24(22)37)26(21-9-8-10-23(36)27(21)38)28(40-25)29(43)41-33(7)13-15-42(16-14-33)30(44)45-32(4,5)6/h8-12,17,25-26,28,40H,13-16,18H2,1-7H3,(H,41,43)/t25-,26-,28+,34-/m0/s1. The van der Waals surface area contributed by atoms with Crippen molar-refractivity contribution in [2.45, 2.75) is 102 Å². The minimum atomic E-state index is -1.71. The first kappa shape index (κ1) is 34.9. The molecule has 2 aromatic rings. The summed E-state index contributed by atoms with van der Waals surface area (Å²) in [5, 5.41) is 17.5. The van der Waals surface area contributed by atoms with Gasteiger partial charge in [0.25, 0.3) is 0 Å². The predicted molar refractivity (Wildman–Crippen MR) is 171 cm³/mol. The number of nitrogens with zero attached hydrogens (tertiary/aromatic N) is 2. The molecule has 0 radical (unpaired) electrons. The van der Waals surface area contributed by atoms with Crippen LogP contribution in [0.1, 0.15) is 84.8 Å². The van der Waals surface area contributed by atoms with E-state index in [1.165, 1.54) is 24.3 Å². The molecule has 2 N–H and O–H groups in total. The highest BCUT2D eigenvalue weighted by Gasteiger charge is 2.61. The lowest BCUT2D eigenvalue weighted by atomic mass is 9.62. The average molecular weight is 664 g/mol. The second-order valence-corrected chi connectivity index (χ2v) is 15.5. The highest BCUT2D eigenvalue weighted by atomic mass is 35.5. The fourth-order valence-electron chi connectivity index (χ4n) is 6.57. The number of benzene rings is 2. The largest absolute Gasteiger partial charge is 0.444 e. The average Bonchev–Trinajstić information content (AvgIpc) is 3.22. The monoisotopic (exact) mass is 662 g/mol. The summed E-state index contributed by atoms with van der Waals surface area (Å²) >= 11 is 12.3. The lowest BCUT2D eigenvalue weighted by Gasteiger charge is -2.41. The smallest absolute Gasteiger partial charge is 0.410 e. The van der Waals surface area contributed by atoms with Gasteiger partial charge in [-0.2, -0.15) is 5.26 Å². The van der Waals surface area contributed by atoms with Crippen LogP contribution in [0, 0.1) is 28.4 Å². The second-order valence-electron chi connectivity index (χ2n) is 14.7. The van der Waals surface area contributed by atoms with E-state index in [0.29, 0.717) is 32.4 Å². The van der Waals surface area contributed by atoms with Gasteiger partial charge < -0.3 is 20.3 Å². The molecule has 11 heteroatoms. The quantitative estimate of drug-likeness (QED) is 0.346. The lowest BCUT2D eigenvalue weighted by Crippen LogP contribution is -2.58. The third-order valence-electron chi connectivity index (χ3n) is 8.68. The number of halogens is 4. The van der Waals surface area contributed by atoms with E-state index in [-0.39, 0.29) is 26.6 Å². The first-order valence-corrected chi connectivity index (χ1v) is 15.9. The van der Waals surface area contributed by atoms with Gasteiger partial charge in [-0.1, -0.05) is 62.2 Å². The summed E-state index contributed by atoms with van der Waals surface area (Å²) in [6.07, 6.45) is 0.842. The fraction of sp³-hybridized carbons (Fsp3) is 0.559. The van der Waals surface area contributed by atoms with E-state index in [4.69, 9.17) is 27.9 Å². The Morgan fingerprint density at radius 3 is 2.31 bits per heavy atom. The van der Waals surface area contributed by atoms with Crippen LogP contribution in [0.5, 0.6) is 0 Å². The number of ether oxygens (including phenoxy) is 1. The number of hydrogen-bond acceptors (Lipinski definition) is 5. The van der Waals surface area contributed by atoms with E-state index in [2.05, 4.69) is 16.7 Å². The Kier molecular flexibility index (Phi) is 9.86. The van der Waals surface area contributed by atoms with Gasteiger partial charge in [-0.3, -0.25) is 4.79 Å². The van der Waals surface area contributed by atoms with Crippen molar-refractivity contribution >= 4 is 35.2 Å². The Hall–Kier alpha value is -2.93. The maximum absolute atomic E-state index is 15.9. The normalized spacial score (nSPS) is 25.0. The number of hydrogen-bond donors (Lipinski definition) is 2. The summed E-state index contributed by atoms with van der Waals surface area (Å²) in [6.45, 7) is 14.0. The zero-order valence-corrected chi connectivity index (χ0v) is 28.4. The molecule has 2 aromatic carbocycles. The number of piperidine rings is 1. The van der Waals surface area contributed by atoms with E-state index >= 15 is 8.78 Å². The van der Waals surface area contributed by atoms with Crippen LogP contribution in [0.15, 0.2) is 36.4 Å². The Morgan fingerprint density at radius 2 is 1.76 bits per heavy atom. The van der Waals surface area contributed by atoms with Gasteiger partial charge >= 0.3 is 6.09 Å². The molecule has 2 amide bonds. The molecule has 2 fully saturated rings. The Bertz CT molecular complexity index is 1490. The molecule has 0 bridgehead atoms. The van der Waals surface area contributed by atoms with E-state index < -0.39 is 58.2 Å². The minimum absolute atomic E-state index is 0.0210. The zero-order valence-electron chi connectivity index (χ0n) is 26.9. The van der Waals surface area contributed by atoms with Crippen LogP contribution in [-0.2, 0) is 14.9 Å². The van der Waals surface area contributed by atoms with E-state index in [9.17, 15) is 14.9 Å². The molecule has 7 nitrogen and oxygen atoms in total. The number of nitriles is 1. The number of nitrogens with one attached hydrogen (secondary N) is 2. The minimum Gasteiger partial charge on any atom is -0.444 e. The van der Waals surface area contributed by atoms with E-state index in [0.717, 1.165) is 6.07 Å². The summed E-state index contributed by atoms with van der Waals surface area (Å²) in [7, 11) is 0. The van der Waals surface area contributed by atoms with Gasteiger partial charge in [0.05, 0.1) is 17.1 Å². The molecular formula is C34H42Cl2F2N4O3. The SMILES string of the molecule is CC(C)(C)C[C@@H]1N[C@@H](C(=O)NC2(C)CCN(C(=O)OC(C)(C)C)CC2)[C@H](c2cccc(Cl)c2F)[C@@]1(C#N)c1ccc(Cl)cc1F. The molecule has 2 aliphatic heterocycles. The van der Waals surface area contributed by atoms with Crippen LogP contribution in [0.4, 0.5) is 13.6 Å². The third kappa shape index (κ3) is 7.40. The van der Waals surface area contributed by atoms with Gasteiger partial charge in [-0.15, -0.1) is 0 Å². The van der Waals surface area contributed by atoms with Crippen molar-refractivity contribution in [2.24, 2.45) is 5.41 Å². The van der Waals surface area contributed by atoms with Crippen LogP contribution in [0.2, 0.25) is 10.0 Å². The summed E-state index contributed by atoms with van der Waals surface area (Å²) in [5.41, 5.74) is -3.36. The van der Waals surface area contributed by atoms with Crippen LogP contribution < -0.4 is 10.6 Å². The first-order chi connectivity index (χ1) is 20.8. The Labute approximate surface area is 274 Å². The van der Waals surface area contributed by atoms with Gasteiger partial charge in [0, 0.05) is 41.2 Å². The highest BCUT2D eigenvalue weighted by Crippen LogP contribution is 2.53. The molecule has 2 aliphatic rings. The molecule has 0 aromatic heterocycles. The van der Waals surface area contributed by atoms with E-state index in [1.54, 1.807) is 31.7 Å². The third-order valence-corrected chi connectivity index (χ3v) is 9.20. The number of carbonyl (C=O) groups is 2. The van der Waals surface area contributed by atoms with Gasteiger partial charge in [-0.25, -0.2) is 13.6 Å². The van der Waals surface area contributed by atoms with Crippen molar-refractivity contribution in [2.75, 3.05) is 13.1 Å². The van der Waals surface area contributed by atoms with Crippen molar-refractivity contribution in [3.05, 3.63) is 69.2 Å². The molecule has 0 saturated carbocycles. The van der Waals surface area contributed by atoms with Crippen LogP contribution in [-0.4, -0.2) is 53.2 Å². The van der Waals surface area contributed by atoms with Gasteiger partial charge in [0.1, 0.15) is 22.7 Å².